The van der Waals surface area contributed by atoms with Crippen LogP contribution in [0.4, 0.5) is 0 Å². The van der Waals surface area contributed by atoms with Gasteiger partial charge in [0.15, 0.2) is 0 Å². The van der Waals surface area contributed by atoms with E-state index in [2.05, 4.69) is 47.5 Å². The van der Waals surface area contributed by atoms with Crippen molar-refractivity contribution in [2.24, 2.45) is 0 Å². The van der Waals surface area contributed by atoms with Gasteiger partial charge in [-0.1, -0.05) is 24.9 Å². The Hall–Kier alpha value is -0.275. The summed E-state index contributed by atoms with van der Waals surface area (Å²) in [6.45, 7) is 12.6. The van der Waals surface area contributed by atoms with Crippen LogP contribution in [0.5, 0.6) is 0 Å². The maximum atomic E-state index is 5.88. The van der Waals surface area contributed by atoms with Crippen LogP contribution < -0.4 is 0 Å². The normalized spacial score (nSPS) is 24.7. The van der Waals surface area contributed by atoms with Gasteiger partial charge in [-0.2, -0.15) is 0 Å². The molecule has 0 radical (unpaired) electrons. The molecule has 0 spiro atoms. The highest BCUT2D eigenvalue weighted by atomic mass is 16.7. The summed E-state index contributed by atoms with van der Waals surface area (Å²) in [7, 11) is -0.179. The monoisotopic (exact) mass is 210 g/mol. The average Bonchev–Trinajstić information content (AvgIpc) is 2.19. The maximum absolute atomic E-state index is 5.88. The van der Waals surface area contributed by atoms with Gasteiger partial charge >= 0.3 is 7.12 Å². The Balaban J connectivity index is 2.67. The molecule has 15 heavy (non-hydrogen) atoms. The summed E-state index contributed by atoms with van der Waals surface area (Å²) >= 11 is 0. The van der Waals surface area contributed by atoms with Gasteiger partial charge in [0.05, 0.1) is 11.2 Å². The molecule has 0 amide bonds. The number of rotatable bonds is 3. The van der Waals surface area contributed by atoms with Crippen LogP contribution >= 0.6 is 0 Å². The Morgan fingerprint density at radius 2 is 1.60 bits per heavy atom. The summed E-state index contributed by atoms with van der Waals surface area (Å²) in [5, 5.41) is 0. The van der Waals surface area contributed by atoms with Crippen molar-refractivity contribution in [2.75, 3.05) is 0 Å². The zero-order valence-electron chi connectivity index (χ0n) is 10.9. The van der Waals surface area contributed by atoms with Crippen molar-refractivity contribution in [1.29, 1.82) is 0 Å². The van der Waals surface area contributed by atoms with Crippen LogP contribution in [0, 0.1) is 0 Å². The molecular weight excluding hydrogens is 187 g/mol. The molecule has 0 bridgehead atoms. The molecule has 0 N–H and O–H groups in total. The van der Waals surface area contributed by atoms with Crippen molar-refractivity contribution in [3.05, 3.63) is 11.5 Å². The second kappa shape index (κ2) is 4.30. The lowest BCUT2D eigenvalue weighted by Gasteiger charge is -2.32. The predicted octanol–water partition coefficient (Wildman–Crippen LogP) is 3.36. The van der Waals surface area contributed by atoms with Gasteiger partial charge in [-0.25, -0.2) is 0 Å². The summed E-state index contributed by atoms with van der Waals surface area (Å²) in [6.07, 6.45) is 2.28. The van der Waals surface area contributed by atoms with Gasteiger partial charge in [0.25, 0.3) is 0 Å². The van der Waals surface area contributed by atoms with E-state index in [1.54, 1.807) is 0 Å². The minimum absolute atomic E-state index is 0.179. The van der Waals surface area contributed by atoms with Crippen molar-refractivity contribution >= 4 is 7.12 Å². The molecular formula is C12H23BO2. The van der Waals surface area contributed by atoms with Gasteiger partial charge in [0, 0.05) is 0 Å². The minimum atomic E-state index is -0.222. The van der Waals surface area contributed by atoms with Crippen molar-refractivity contribution in [3.8, 4) is 0 Å². The average molecular weight is 210 g/mol. The molecule has 0 aromatic carbocycles. The van der Waals surface area contributed by atoms with E-state index in [1.807, 2.05) is 0 Å². The highest BCUT2D eigenvalue weighted by molar-refractivity contribution is 6.51. The molecule has 1 aliphatic heterocycles. The molecule has 0 unspecified atom stereocenters. The molecule has 1 fully saturated rings. The summed E-state index contributed by atoms with van der Waals surface area (Å²) in [6, 6.07) is 0. The fourth-order valence-corrected chi connectivity index (χ4v) is 1.67. The molecule has 0 aromatic rings. The number of hydrogen-bond donors (Lipinski definition) is 0. The summed E-state index contributed by atoms with van der Waals surface area (Å²) < 4.78 is 11.8. The van der Waals surface area contributed by atoms with E-state index in [1.165, 1.54) is 12.0 Å². The van der Waals surface area contributed by atoms with Crippen molar-refractivity contribution in [3.63, 3.8) is 0 Å². The van der Waals surface area contributed by atoms with Crippen LogP contribution in [-0.4, -0.2) is 18.3 Å². The molecule has 0 atom stereocenters. The van der Waals surface area contributed by atoms with E-state index >= 15 is 0 Å². The largest absolute Gasteiger partial charge is 0.487 e. The molecule has 2 nitrogen and oxygen atoms in total. The van der Waals surface area contributed by atoms with Crippen molar-refractivity contribution in [2.45, 2.75) is 65.6 Å². The van der Waals surface area contributed by atoms with E-state index < -0.39 is 0 Å². The van der Waals surface area contributed by atoms with Gasteiger partial charge in [-0.3, -0.25) is 0 Å². The zero-order valence-corrected chi connectivity index (χ0v) is 10.9. The summed E-state index contributed by atoms with van der Waals surface area (Å²) in [5.74, 6) is 2.10. The maximum Gasteiger partial charge on any atom is 0.487 e. The second-order valence-electron chi connectivity index (χ2n) is 5.39. The first kappa shape index (κ1) is 12.8. The van der Waals surface area contributed by atoms with Gasteiger partial charge in [0.2, 0.25) is 0 Å². The first-order valence-electron chi connectivity index (χ1n) is 5.81. The van der Waals surface area contributed by atoms with Gasteiger partial charge in [-0.05, 0) is 41.0 Å². The second-order valence-corrected chi connectivity index (χ2v) is 5.39. The van der Waals surface area contributed by atoms with Gasteiger partial charge < -0.3 is 9.31 Å². The lowest BCUT2D eigenvalue weighted by atomic mass is 9.86. The fourth-order valence-electron chi connectivity index (χ4n) is 1.67. The molecule has 1 rings (SSSR count). The van der Waals surface area contributed by atoms with Crippen LogP contribution in [0.25, 0.3) is 0 Å². The highest BCUT2D eigenvalue weighted by Crippen LogP contribution is 2.37. The lowest BCUT2D eigenvalue weighted by Crippen LogP contribution is -2.41. The topological polar surface area (TPSA) is 18.5 Å². The van der Waals surface area contributed by atoms with E-state index in [-0.39, 0.29) is 18.3 Å². The molecule has 86 valence electrons. The van der Waals surface area contributed by atoms with Crippen LogP contribution in [0.15, 0.2) is 11.5 Å². The number of allylic oxidation sites excluding steroid dienone is 1. The fraction of sp³-hybridized carbons (Fsp3) is 0.833. The number of hydrogen-bond acceptors (Lipinski definition) is 2. The van der Waals surface area contributed by atoms with E-state index in [0.717, 1.165) is 6.42 Å². The molecule has 0 aliphatic carbocycles. The summed E-state index contributed by atoms with van der Waals surface area (Å²) in [5.41, 5.74) is 0.900. The first-order valence-corrected chi connectivity index (χ1v) is 5.81. The van der Waals surface area contributed by atoms with Crippen molar-refractivity contribution < 1.29 is 9.31 Å². The van der Waals surface area contributed by atoms with E-state index in [0.29, 0.717) is 0 Å². The Labute approximate surface area is 94.2 Å². The lowest BCUT2D eigenvalue weighted by molar-refractivity contribution is 0.00578. The van der Waals surface area contributed by atoms with Crippen LogP contribution in [-0.2, 0) is 9.31 Å². The zero-order chi connectivity index (χ0) is 11.7. The Morgan fingerprint density at radius 1 is 1.13 bits per heavy atom. The third-order valence-corrected chi connectivity index (χ3v) is 3.34. The molecule has 0 aromatic heterocycles. The van der Waals surface area contributed by atoms with Gasteiger partial charge in [-0.15, -0.1) is 0 Å². The Bertz CT molecular complexity index is 240. The quantitative estimate of drug-likeness (QED) is 0.665. The Kier molecular flexibility index (Phi) is 3.67. The third kappa shape index (κ3) is 2.85. The SMILES string of the molecule is CCC/C(C)=C/B1OC(C)(C)C(C)(C)O1. The van der Waals surface area contributed by atoms with Crippen LogP contribution in [0.3, 0.4) is 0 Å². The molecule has 3 heteroatoms. The van der Waals surface area contributed by atoms with Crippen molar-refractivity contribution in [1.82, 2.24) is 0 Å². The minimum Gasteiger partial charge on any atom is -0.400 e. The molecule has 0 saturated carbocycles. The van der Waals surface area contributed by atoms with E-state index in [9.17, 15) is 0 Å². The van der Waals surface area contributed by atoms with E-state index in [4.69, 9.17) is 9.31 Å². The van der Waals surface area contributed by atoms with Gasteiger partial charge in [0.1, 0.15) is 0 Å². The molecule has 1 heterocycles. The third-order valence-electron chi connectivity index (χ3n) is 3.34. The van der Waals surface area contributed by atoms with Crippen LogP contribution in [0.1, 0.15) is 54.4 Å². The smallest absolute Gasteiger partial charge is 0.400 e. The molecule has 1 saturated heterocycles. The predicted molar refractivity (Wildman–Crippen MR) is 64.7 cm³/mol. The standard InChI is InChI=1S/C12H23BO2/c1-7-8-10(2)9-13-14-11(3,4)12(5,6)15-13/h9H,7-8H2,1-6H3/b10-9+. The summed E-state index contributed by atoms with van der Waals surface area (Å²) in [4.78, 5) is 0. The highest BCUT2D eigenvalue weighted by Gasteiger charge is 2.50. The van der Waals surface area contributed by atoms with Crippen LogP contribution in [0.2, 0.25) is 0 Å². The first-order chi connectivity index (χ1) is 6.78. The molecule has 1 aliphatic rings. The Morgan fingerprint density at radius 3 is 2.00 bits per heavy atom.